The normalized spacial score (nSPS) is 12.7. The van der Waals surface area contributed by atoms with Gasteiger partial charge < -0.3 is 5.73 Å². The maximum atomic E-state index is 13.5. The molecule has 0 amide bonds. The summed E-state index contributed by atoms with van der Waals surface area (Å²) in [6, 6.07) is 2.60. The predicted molar refractivity (Wildman–Crippen MR) is 58.0 cm³/mol. The standard InChI is InChI=1S/C11H12F2N4/c1-17-11(15-6-16-17)5-10(14)8-4-7(12)2-3-9(8)13/h2-4,6,10H,5,14H2,1H3. The van der Waals surface area contributed by atoms with Gasteiger partial charge in [-0.3, -0.25) is 4.68 Å². The molecule has 0 radical (unpaired) electrons. The average Bonchev–Trinajstić information content (AvgIpc) is 2.68. The van der Waals surface area contributed by atoms with Gasteiger partial charge in [0.1, 0.15) is 23.8 Å². The molecule has 1 unspecified atom stereocenters. The third-order valence-corrected chi connectivity index (χ3v) is 2.57. The van der Waals surface area contributed by atoms with Crippen molar-refractivity contribution in [3.05, 3.63) is 47.5 Å². The molecule has 1 aromatic carbocycles. The zero-order valence-electron chi connectivity index (χ0n) is 9.27. The first-order valence-electron chi connectivity index (χ1n) is 5.11. The summed E-state index contributed by atoms with van der Waals surface area (Å²) in [6.45, 7) is 0. The summed E-state index contributed by atoms with van der Waals surface area (Å²) in [6.07, 6.45) is 1.70. The maximum absolute atomic E-state index is 13.5. The summed E-state index contributed by atoms with van der Waals surface area (Å²) in [5.74, 6) is -0.392. The molecular formula is C11H12F2N4. The Balaban J connectivity index is 2.23. The zero-order chi connectivity index (χ0) is 12.4. The van der Waals surface area contributed by atoms with E-state index >= 15 is 0 Å². The Morgan fingerprint density at radius 3 is 2.82 bits per heavy atom. The van der Waals surface area contributed by atoms with E-state index in [0.717, 1.165) is 18.2 Å². The molecular weight excluding hydrogens is 226 g/mol. The SMILES string of the molecule is Cn1ncnc1CC(N)c1cc(F)ccc1F. The maximum Gasteiger partial charge on any atom is 0.138 e. The van der Waals surface area contributed by atoms with Crippen LogP contribution < -0.4 is 5.73 Å². The third kappa shape index (κ3) is 2.47. The number of halogens is 2. The number of benzene rings is 1. The monoisotopic (exact) mass is 238 g/mol. The predicted octanol–water partition coefficient (Wildman–Crippen LogP) is 1.34. The van der Waals surface area contributed by atoms with Crippen LogP contribution in [0.4, 0.5) is 8.78 Å². The number of hydrogen-bond donors (Lipinski definition) is 1. The largest absolute Gasteiger partial charge is 0.323 e. The molecule has 1 heterocycles. The van der Waals surface area contributed by atoms with Crippen LogP contribution in [0.3, 0.4) is 0 Å². The molecule has 1 aromatic heterocycles. The zero-order valence-corrected chi connectivity index (χ0v) is 9.27. The van der Waals surface area contributed by atoms with Crippen LogP contribution in [0.15, 0.2) is 24.5 Å². The minimum atomic E-state index is -0.645. The minimum Gasteiger partial charge on any atom is -0.323 e. The second kappa shape index (κ2) is 4.58. The number of aryl methyl sites for hydroxylation is 1. The second-order valence-electron chi connectivity index (χ2n) is 3.78. The topological polar surface area (TPSA) is 56.7 Å². The summed E-state index contributed by atoms with van der Waals surface area (Å²) in [5.41, 5.74) is 5.98. The van der Waals surface area contributed by atoms with Crippen molar-refractivity contribution in [2.75, 3.05) is 0 Å². The fourth-order valence-electron chi connectivity index (χ4n) is 1.61. The Bertz CT molecular complexity index is 524. The van der Waals surface area contributed by atoms with E-state index in [1.165, 1.54) is 6.33 Å². The van der Waals surface area contributed by atoms with Gasteiger partial charge in [0.25, 0.3) is 0 Å². The van der Waals surface area contributed by atoms with Crippen molar-refractivity contribution in [2.24, 2.45) is 12.8 Å². The van der Waals surface area contributed by atoms with Crippen LogP contribution >= 0.6 is 0 Å². The van der Waals surface area contributed by atoms with Crippen molar-refractivity contribution in [3.8, 4) is 0 Å². The quantitative estimate of drug-likeness (QED) is 0.877. The van der Waals surface area contributed by atoms with E-state index in [2.05, 4.69) is 10.1 Å². The smallest absolute Gasteiger partial charge is 0.138 e. The molecule has 2 aromatic rings. The van der Waals surface area contributed by atoms with E-state index in [4.69, 9.17) is 5.73 Å². The molecule has 0 aliphatic heterocycles. The van der Waals surface area contributed by atoms with E-state index < -0.39 is 17.7 Å². The van der Waals surface area contributed by atoms with Crippen LogP contribution in [0.1, 0.15) is 17.4 Å². The number of hydrogen-bond acceptors (Lipinski definition) is 3. The first-order valence-corrected chi connectivity index (χ1v) is 5.11. The highest BCUT2D eigenvalue weighted by atomic mass is 19.1. The lowest BCUT2D eigenvalue weighted by atomic mass is 10.0. The molecule has 0 saturated carbocycles. The first kappa shape index (κ1) is 11.7. The summed E-state index contributed by atoms with van der Waals surface area (Å²) in [5, 5.41) is 3.89. The fraction of sp³-hybridized carbons (Fsp3) is 0.273. The molecule has 2 N–H and O–H groups in total. The Kier molecular flexibility index (Phi) is 3.14. The van der Waals surface area contributed by atoms with Crippen LogP contribution in [-0.4, -0.2) is 14.8 Å². The fourth-order valence-corrected chi connectivity index (χ4v) is 1.61. The van der Waals surface area contributed by atoms with Crippen molar-refractivity contribution >= 4 is 0 Å². The second-order valence-corrected chi connectivity index (χ2v) is 3.78. The molecule has 2 rings (SSSR count). The molecule has 0 spiro atoms. The molecule has 0 aliphatic rings. The Morgan fingerprint density at radius 2 is 2.18 bits per heavy atom. The van der Waals surface area contributed by atoms with Gasteiger partial charge in [-0.05, 0) is 18.2 Å². The summed E-state index contributed by atoms with van der Waals surface area (Å²) in [7, 11) is 1.72. The van der Waals surface area contributed by atoms with E-state index in [1.54, 1.807) is 11.7 Å². The molecule has 0 bridgehead atoms. The summed E-state index contributed by atoms with van der Waals surface area (Å²) in [4.78, 5) is 3.99. The molecule has 1 atom stereocenters. The number of nitrogens with zero attached hydrogens (tertiary/aromatic N) is 3. The molecule has 0 aliphatic carbocycles. The van der Waals surface area contributed by atoms with Gasteiger partial charge in [0, 0.05) is 25.1 Å². The molecule has 6 heteroatoms. The average molecular weight is 238 g/mol. The number of rotatable bonds is 3. The van der Waals surface area contributed by atoms with Gasteiger partial charge in [-0.1, -0.05) is 0 Å². The number of aromatic nitrogens is 3. The summed E-state index contributed by atoms with van der Waals surface area (Å²) >= 11 is 0. The number of nitrogens with two attached hydrogens (primary N) is 1. The van der Waals surface area contributed by atoms with E-state index in [0.29, 0.717) is 12.2 Å². The van der Waals surface area contributed by atoms with Crippen molar-refractivity contribution in [1.82, 2.24) is 14.8 Å². The lowest BCUT2D eigenvalue weighted by Gasteiger charge is -2.12. The highest BCUT2D eigenvalue weighted by Gasteiger charge is 2.15. The van der Waals surface area contributed by atoms with Gasteiger partial charge >= 0.3 is 0 Å². The molecule has 0 fully saturated rings. The molecule has 4 nitrogen and oxygen atoms in total. The van der Waals surface area contributed by atoms with E-state index in [-0.39, 0.29) is 5.56 Å². The van der Waals surface area contributed by atoms with Gasteiger partial charge in [-0.25, -0.2) is 13.8 Å². The van der Waals surface area contributed by atoms with Crippen molar-refractivity contribution in [1.29, 1.82) is 0 Å². The Labute approximate surface area is 97.1 Å². The van der Waals surface area contributed by atoms with Crippen LogP contribution in [0.25, 0.3) is 0 Å². The van der Waals surface area contributed by atoms with Crippen molar-refractivity contribution in [2.45, 2.75) is 12.5 Å². The molecule has 90 valence electrons. The van der Waals surface area contributed by atoms with Crippen molar-refractivity contribution < 1.29 is 8.78 Å². The van der Waals surface area contributed by atoms with Crippen LogP contribution in [0.2, 0.25) is 0 Å². The van der Waals surface area contributed by atoms with Crippen LogP contribution in [-0.2, 0) is 13.5 Å². The lowest BCUT2D eigenvalue weighted by Crippen LogP contribution is -2.17. The van der Waals surface area contributed by atoms with Gasteiger partial charge in [0.05, 0.1) is 0 Å². The van der Waals surface area contributed by atoms with E-state index in [9.17, 15) is 8.78 Å². The van der Waals surface area contributed by atoms with Crippen LogP contribution in [0.5, 0.6) is 0 Å². The van der Waals surface area contributed by atoms with Gasteiger partial charge in [-0.15, -0.1) is 0 Å². The molecule has 17 heavy (non-hydrogen) atoms. The minimum absolute atomic E-state index is 0.146. The van der Waals surface area contributed by atoms with Gasteiger partial charge in [0.15, 0.2) is 0 Å². The molecule has 0 saturated heterocycles. The Hall–Kier alpha value is -1.82. The van der Waals surface area contributed by atoms with Crippen molar-refractivity contribution in [3.63, 3.8) is 0 Å². The highest BCUT2D eigenvalue weighted by Crippen LogP contribution is 2.19. The van der Waals surface area contributed by atoms with E-state index in [1.807, 2.05) is 0 Å². The van der Waals surface area contributed by atoms with Crippen LogP contribution in [0, 0.1) is 11.6 Å². The van der Waals surface area contributed by atoms with Gasteiger partial charge in [0.2, 0.25) is 0 Å². The first-order chi connectivity index (χ1) is 8.08. The van der Waals surface area contributed by atoms with Gasteiger partial charge in [-0.2, -0.15) is 5.10 Å². The Morgan fingerprint density at radius 1 is 1.41 bits per heavy atom. The third-order valence-electron chi connectivity index (χ3n) is 2.57. The highest BCUT2D eigenvalue weighted by molar-refractivity contribution is 5.22. The lowest BCUT2D eigenvalue weighted by molar-refractivity contribution is 0.550. The summed E-state index contributed by atoms with van der Waals surface area (Å²) < 4.78 is 28.0.